The summed E-state index contributed by atoms with van der Waals surface area (Å²) in [4.78, 5) is 17.4. The van der Waals surface area contributed by atoms with E-state index >= 15 is 0 Å². The van der Waals surface area contributed by atoms with Gasteiger partial charge in [0.15, 0.2) is 0 Å². The topological polar surface area (TPSA) is 113 Å². The zero-order valence-corrected chi connectivity index (χ0v) is 7.44. The molecule has 0 aliphatic carbocycles. The predicted octanol–water partition coefficient (Wildman–Crippen LogP) is 0.153. The number of nitrogens with two attached hydrogens (primary N) is 1. The van der Waals surface area contributed by atoms with E-state index in [0.29, 0.717) is 0 Å². The molecule has 0 fully saturated rings. The summed E-state index contributed by atoms with van der Waals surface area (Å²) >= 11 is 0. The van der Waals surface area contributed by atoms with Crippen LogP contribution in [0.3, 0.4) is 0 Å². The van der Waals surface area contributed by atoms with Crippen molar-refractivity contribution >= 4 is 11.5 Å². The van der Waals surface area contributed by atoms with E-state index in [-0.39, 0.29) is 17.3 Å². The number of aromatic nitrogens is 4. The van der Waals surface area contributed by atoms with Crippen molar-refractivity contribution < 1.29 is 4.92 Å². The molecular weight excluding hydrogens is 200 g/mol. The van der Waals surface area contributed by atoms with Crippen LogP contribution in [0.2, 0.25) is 0 Å². The van der Waals surface area contributed by atoms with Crippen LogP contribution in [-0.2, 0) is 0 Å². The summed E-state index contributed by atoms with van der Waals surface area (Å²) in [6.45, 7) is 0. The van der Waals surface area contributed by atoms with Gasteiger partial charge in [0.2, 0.25) is 11.6 Å². The van der Waals surface area contributed by atoms with E-state index in [1.165, 1.54) is 17.1 Å². The molecule has 8 nitrogen and oxygen atoms in total. The number of nitro groups is 1. The van der Waals surface area contributed by atoms with Crippen LogP contribution < -0.4 is 5.73 Å². The standard InChI is InChI=1S/C7H6N6O2/c8-6-5(13(14)15)7(10-4-9-6)12-3-1-2-11-12/h1-4H,(H2,8,9,10). The first-order chi connectivity index (χ1) is 7.20. The van der Waals surface area contributed by atoms with E-state index in [2.05, 4.69) is 15.1 Å². The molecular formula is C7H6N6O2. The van der Waals surface area contributed by atoms with Gasteiger partial charge in [-0.15, -0.1) is 0 Å². The third-order valence-electron chi connectivity index (χ3n) is 1.74. The summed E-state index contributed by atoms with van der Waals surface area (Å²) in [5.74, 6) is -0.127. The van der Waals surface area contributed by atoms with Crippen molar-refractivity contribution in [2.24, 2.45) is 0 Å². The molecule has 0 spiro atoms. The maximum atomic E-state index is 10.7. The van der Waals surface area contributed by atoms with Crippen LogP contribution >= 0.6 is 0 Å². The molecule has 2 N–H and O–H groups in total. The van der Waals surface area contributed by atoms with E-state index in [9.17, 15) is 10.1 Å². The highest BCUT2D eigenvalue weighted by Crippen LogP contribution is 2.24. The van der Waals surface area contributed by atoms with Crippen LogP contribution in [0.1, 0.15) is 0 Å². The molecule has 0 aliphatic heterocycles. The van der Waals surface area contributed by atoms with Crippen LogP contribution in [0.5, 0.6) is 0 Å². The summed E-state index contributed by atoms with van der Waals surface area (Å²) in [5, 5.41) is 14.6. The molecule has 15 heavy (non-hydrogen) atoms. The second-order valence-electron chi connectivity index (χ2n) is 2.64. The van der Waals surface area contributed by atoms with Crippen LogP contribution in [0.25, 0.3) is 5.82 Å². The lowest BCUT2D eigenvalue weighted by Gasteiger charge is -2.02. The molecule has 0 atom stereocenters. The fourth-order valence-corrected chi connectivity index (χ4v) is 1.12. The first kappa shape index (κ1) is 9.06. The molecule has 0 bridgehead atoms. The Morgan fingerprint density at radius 3 is 2.87 bits per heavy atom. The first-order valence-corrected chi connectivity index (χ1v) is 3.95. The van der Waals surface area contributed by atoms with Gasteiger partial charge in [-0.3, -0.25) is 10.1 Å². The van der Waals surface area contributed by atoms with Crippen molar-refractivity contribution in [3.8, 4) is 5.82 Å². The van der Waals surface area contributed by atoms with Gasteiger partial charge in [0.1, 0.15) is 6.33 Å². The lowest BCUT2D eigenvalue weighted by molar-refractivity contribution is -0.384. The molecule has 0 aliphatic rings. The molecule has 0 saturated carbocycles. The molecule has 0 amide bonds. The quantitative estimate of drug-likeness (QED) is 0.552. The van der Waals surface area contributed by atoms with Gasteiger partial charge >= 0.3 is 5.69 Å². The Hall–Kier alpha value is -2.51. The van der Waals surface area contributed by atoms with E-state index in [1.54, 1.807) is 6.07 Å². The minimum absolute atomic E-state index is 0.0532. The monoisotopic (exact) mass is 206 g/mol. The minimum Gasteiger partial charge on any atom is -0.378 e. The third kappa shape index (κ3) is 1.47. The molecule has 8 heteroatoms. The Labute approximate surface area is 83.5 Å². The highest BCUT2D eigenvalue weighted by molar-refractivity contribution is 5.60. The number of anilines is 1. The van der Waals surface area contributed by atoms with Crippen molar-refractivity contribution in [1.29, 1.82) is 0 Å². The lowest BCUT2D eigenvalue weighted by Crippen LogP contribution is -2.07. The Morgan fingerprint density at radius 1 is 1.47 bits per heavy atom. The summed E-state index contributed by atoms with van der Waals surface area (Å²) < 4.78 is 1.26. The van der Waals surface area contributed by atoms with Gasteiger partial charge in [-0.2, -0.15) is 5.10 Å². The Bertz CT molecular complexity index is 494. The largest absolute Gasteiger partial charge is 0.378 e. The van der Waals surface area contributed by atoms with E-state index < -0.39 is 4.92 Å². The molecule has 0 aromatic carbocycles. The second kappa shape index (κ2) is 3.33. The fraction of sp³-hybridized carbons (Fsp3) is 0. The molecule has 0 saturated heterocycles. The molecule has 76 valence electrons. The number of nitrogens with zero attached hydrogens (tertiary/aromatic N) is 5. The predicted molar refractivity (Wildman–Crippen MR) is 50.2 cm³/mol. The molecule has 2 rings (SSSR count). The van der Waals surface area contributed by atoms with Crippen molar-refractivity contribution in [3.05, 3.63) is 34.9 Å². The minimum atomic E-state index is -0.633. The van der Waals surface area contributed by atoms with Crippen LogP contribution in [-0.4, -0.2) is 24.7 Å². The van der Waals surface area contributed by atoms with Crippen molar-refractivity contribution in [3.63, 3.8) is 0 Å². The smallest absolute Gasteiger partial charge is 0.355 e. The van der Waals surface area contributed by atoms with Gasteiger partial charge in [0, 0.05) is 12.4 Å². The molecule has 2 aromatic rings. The lowest BCUT2D eigenvalue weighted by atomic mass is 10.4. The van der Waals surface area contributed by atoms with Gasteiger partial charge in [0.25, 0.3) is 0 Å². The van der Waals surface area contributed by atoms with Gasteiger partial charge in [-0.1, -0.05) is 0 Å². The normalized spacial score (nSPS) is 10.1. The summed E-state index contributed by atoms with van der Waals surface area (Å²) in [7, 11) is 0. The fourth-order valence-electron chi connectivity index (χ4n) is 1.12. The maximum Gasteiger partial charge on any atom is 0.355 e. The zero-order valence-electron chi connectivity index (χ0n) is 7.44. The average molecular weight is 206 g/mol. The van der Waals surface area contributed by atoms with Crippen molar-refractivity contribution in [2.45, 2.75) is 0 Å². The summed E-state index contributed by atoms with van der Waals surface area (Å²) in [6, 6.07) is 1.63. The number of hydrogen-bond acceptors (Lipinski definition) is 6. The summed E-state index contributed by atoms with van der Waals surface area (Å²) in [6.07, 6.45) is 4.18. The summed E-state index contributed by atoms with van der Waals surface area (Å²) in [5.41, 5.74) is 5.05. The Balaban J connectivity index is 2.66. The van der Waals surface area contributed by atoms with Crippen molar-refractivity contribution in [1.82, 2.24) is 19.7 Å². The number of nitrogen functional groups attached to an aromatic ring is 1. The number of hydrogen-bond donors (Lipinski definition) is 1. The number of rotatable bonds is 2. The Kier molecular flexibility index (Phi) is 2.01. The average Bonchev–Trinajstić information content (AvgIpc) is 2.69. The van der Waals surface area contributed by atoms with Crippen molar-refractivity contribution in [2.75, 3.05) is 5.73 Å². The van der Waals surface area contributed by atoms with E-state index in [0.717, 1.165) is 6.33 Å². The van der Waals surface area contributed by atoms with Crippen LogP contribution in [0.4, 0.5) is 11.5 Å². The van der Waals surface area contributed by atoms with Crippen LogP contribution in [0, 0.1) is 10.1 Å². The molecule has 0 unspecified atom stereocenters. The Morgan fingerprint density at radius 2 is 2.27 bits per heavy atom. The first-order valence-electron chi connectivity index (χ1n) is 3.95. The van der Waals surface area contributed by atoms with Gasteiger partial charge < -0.3 is 5.73 Å². The maximum absolute atomic E-state index is 10.7. The highest BCUT2D eigenvalue weighted by atomic mass is 16.6. The molecule has 2 heterocycles. The molecule has 2 aromatic heterocycles. The third-order valence-corrected chi connectivity index (χ3v) is 1.74. The van der Waals surface area contributed by atoms with Gasteiger partial charge in [0.05, 0.1) is 4.92 Å². The van der Waals surface area contributed by atoms with Gasteiger partial charge in [-0.25, -0.2) is 14.6 Å². The second-order valence-corrected chi connectivity index (χ2v) is 2.64. The zero-order chi connectivity index (χ0) is 10.8. The SMILES string of the molecule is Nc1ncnc(-n2cccn2)c1[N+](=O)[O-]. The molecule has 0 radical (unpaired) electrons. The van der Waals surface area contributed by atoms with E-state index in [1.807, 2.05) is 0 Å². The van der Waals surface area contributed by atoms with E-state index in [4.69, 9.17) is 5.73 Å². The van der Waals surface area contributed by atoms with Crippen LogP contribution in [0.15, 0.2) is 24.8 Å². The highest BCUT2D eigenvalue weighted by Gasteiger charge is 2.22. The van der Waals surface area contributed by atoms with Gasteiger partial charge in [-0.05, 0) is 6.07 Å².